The average molecular weight is 339 g/mol. The maximum atomic E-state index is 11.9. The molecule has 0 bridgehead atoms. The van der Waals surface area contributed by atoms with Gasteiger partial charge >= 0.3 is 5.97 Å². The van der Waals surface area contributed by atoms with E-state index in [0.29, 0.717) is 6.61 Å². The summed E-state index contributed by atoms with van der Waals surface area (Å²) in [6.07, 6.45) is 4.18. The minimum Gasteiger partial charge on any atom is -0.478 e. The Balaban J connectivity index is 5.30. The molecule has 0 spiro atoms. The third kappa shape index (κ3) is 8.97. The standard InChI is InChI=1S/C17H29N3O4/c1-7-23-16(22)14(10-18)15(24-11-12(2)3)19-9-8-17(5,6)20-13(4)21/h8-10,12,18-19H,7,11H2,1-6H3,(H,20,21)/b9-8+,15-14-,18-10?. The van der Waals surface area contributed by atoms with Crippen LogP contribution in [0, 0.1) is 11.3 Å². The highest BCUT2D eigenvalue weighted by Crippen LogP contribution is 2.08. The van der Waals surface area contributed by atoms with E-state index in [2.05, 4.69) is 10.6 Å². The number of carbonyl (C=O) groups is 2. The summed E-state index contributed by atoms with van der Waals surface area (Å²) in [5, 5.41) is 13.1. The second-order valence-corrected chi connectivity index (χ2v) is 6.19. The molecule has 3 N–H and O–H groups in total. The van der Waals surface area contributed by atoms with E-state index in [9.17, 15) is 9.59 Å². The fourth-order valence-electron chi connectivity index (χ4n) is 1.69. The minimum absolute atomic E-state index is 0.000479. The molecule has 136 valence electrons. The lowest BCUT2D eigenvalue weighted by molar-refractivity contribution is -0.138. The van der Waals surface area contributed by atoms with E-state index in [1.807, 2.05) is 27.7 Å². The lowest BCUT2D eigenvalue weighted by Gasteiger charge is -2.21. The molecule has 0 aliphatic heterocycles. The van der Waals surface area contributed by atoms with E-state index < -0.39 is 11.5 Å². The van der Waals surface area contributed by atoms with Crippen molar-refractivity contribution in [3.63, 3.8) is 0 Å². The van der Waals surface area contributed by atoms with E-state index in [-0.39, 0.29) is 29.9 Å². The summed E-state index contributed by atoms with van der Waals surface area (Å²) in [5.41, 5.74) is -0.573. The third-order valence-corrected chi connectivity index (χ3v) is 2.66. The number of rotatable bonds is 10. The molecule has 7 heteroatoms. The van der Waals surface area contributed by atoms with Gasteiger partial charge in [-0.05, 0) is 32.8 Å². The Bertz CT molecular complexity index is 508. The molecule has 24 heavy (non-hydrogen) atoms. The molecular weight excluding hydrogens is 310 g/mol. The van der Waals surface area contributed by atoms with Gasteiger partial charge in [0.2, 0.25) is 11.8 Å². The van der Waals surface area contributed by atoms with Crippen LogP contribution in [0.1, 0.15) is 41.5 Å². The number of hydrogen-bond donors (Lipinski definition) is 3. The average Bonchev–Trinajstić information content (AvgIpc) is 2.43. The van der Waals surface area contributed by atoms with Gasteiger partial charge in [0.1, 0.15) is 5.57 Å². The summed E-state index contributed by atoms with van der Waals surface area (Å²) < 4.78 is 10.5. The van der Waals surface area contributed by atoms with E-state index in [4.69, 9.17) is 14.9 Å². The summed E-state index contributed by atoms with van der Waals surface area (Å²) in [6.45, 7) is 11.3. The molecule has 0 fully saturated rings. The molecule has 0 aliphatic rings. The van der Waals surface area contributed by atoms with Crippen LogP contribution in [0.25, 0.3) is 0 Å². The van der Waals surface area contributed by atoms with Crippen molar-refractivity contribution in [2.75, 3.05) is 13.2 Å². The van der Waals surface area contributed by atoms with Crippen molar-refractivity contribution in [2.45, 2.75) is 47.1 Å². The first-order valence-electron chi connectivity index (χ1n) is 7.90. The van der Waals surface area contributed by atoms with Gasteiger partial charge in [-0.3, -0.25) is 4.79 Å². The summed E-state index contributed by atoms with van der Waals surface area (Å²) >= 11 is 0. The number of amides is 1. The number of ether oxygens (including phenoxy) is 2. The molecule has 0 aromatic heterocycles. The first-order chi connectivity index (χ1) is 11.1. The largest absolute Gasteiger partial charge is 0.478 e. The highest BCUT2D eigenvalue weighted by molar-refractivity contribution is 6.08. The molecule has 0 rings (SSSR count). The summed E-state index contributed by atoms with van der Waals surface area (Å²) in [6, 6.07) is 0. The SMILES string of the molecule is CCOC(=O)/C(C=N)=C(/N/C=C/C(C)(C)NC(C)=O)OCC(C)C. The first kappa shape index (κ1) is 21.7. The highest BCUT2D eigenvalue weighted by atomic mass is 16.5. The Hall–Kier alpha value is -2.31. The molecule has 0 aliphatic carbocycles. The molecule has 0 saturated carbocycles. The van der Waals surface area contributed by atoms with E-state index in [1.54, 1.807) is 19.2 Å². The smallest absolute Gasteiger partial charge is 0.345 e. The molecule has 0 heterocycles. The molecule has 0 saturated heterocycles. The van der Waals surface area contributed by atoms with E-state index >= 15 is 0 Å². The summed E-state index contributed by atoms with van der Waals surface area (Å²) in [4.78, 5) is 23.1. The van der Waals surface area contributed by atoms with Gasteiger partial charge < -0.3 is 25.5 Å². The predicted octanol–water partition coefficient (Wildman–Crippen LogP) is 2.10. The zero-order valence-corrected chi connectivity index (χ0v) is 15.4. The van der Waals surface area contributed by atoms with Gasteiger partial charge in [-0.1, -0.05) is 13.8 Å². The second kappa shape index (κ2) is 10.5. The van der Waals surface area contributed by atoms with Gasteiger partial charge in [0, 0.05) is 19.3 Å². The normalized spacial score (nSPS) is 12.6. The molecule has 0 unspecified atom stereocenters. The van der Waals surface area contributed by atoms with Crippen LogP contribution >= 0.6 is 0 Å². The van der Waals surface area contributed by atoms with Gasteiger partial charge in [-0.15, -0.1) is 0 Å². The van der Waals surface area contributed by atoms with Gasteiger partial charge in [0.15, 0.2) is 0 Å². The number of esters is 1. The molecule has 1 amide bonds. The van der Waals surface area contributed by atoms with Crippen molar-refractivity contribution in [2.24, 2.45) is 5.92 Å². The maximum Gasteiger partial charge on any atom is 0.345 e. The van der Waals surface area contributed by atoms with Crippen LogP contribution in [0.2, 0.25) is 0 Å². The van der Waals surface area contributed by atoms with Crippen molar-refractivity contribution >= 4 is 18.1 Å². The topological polar surface area (TPSA) is 101 Å². The van der Waals surface area contributed by atoms with Crippen LogP contribution < -0.4 is 10.6 Å². The summed E-state index contributed by atoms with van der Waals surface area (Å²) in [5.74, 6) is -0.390. The first-order valence-corrected chi connectivity index (χ1v) is 7.90. The van der Waals surface area contributed by atoms with Crippen molar-refractivity contribution in [3.05, 3.63) is 23.7 Å². The third-order valence-electron chi connectivity index (χ3n) is 2.66. The number of carbonyl (C=O) groups excluding carboxylic acids is 2. The van der Waals surface area contributed by atoms with Crippen molar-refractivity contribution in [1.29, 1.82) is 5.41 Å². The zero-order valence-electron chi connectivity index (χ0n) is 15.4. The van der Waals surface area contributed by atoms with Crippen LogP contribution in [0.5, 0.6) is 0 Å². The van der Waals surface area contributed by atoms with E-state index in [0.717, 1.165) is 6.21 Å². The zero-order chi connectivity index (χ0) is 18.8. The quantitative estimate of drug-likeness (QED) is 0.245. The minimum atomic E-state index is -0.631. The molecular formula is C17H29N3O4. The Morgan fingerprint density at radius 1 is 1.25 bits per heavy atom. The monoisotopic (exact) mass is 339 g/mol. The van der Waals surface area contributed by atoms with Gasteiger partial charge in [-0.25, -0.2) is 4.79 Å². The van der Waals surface area contributed by atoms with Crippen LogP contribution in [0.4, 0.5) is 0 Å². The Morgan fingerprint density at radius 2 is 1.88 bits per heavy atom. The van der Waals surface area contributed by atoms with Crippen molar-refractivity contribution < 1.29 is 19.1 Å². The highest BCUT2D eigenvalue weighted by Gasteiger charge is 2.17. The maximum absolute atomic E-state index is 11.9. The Labute approximate surface area is 144 Å². The van der Waals surface area contributed by atoms with Crippen molar-refractivity contribution in [3.8, 4) is 0 Å². The van der Waals surface area contributed by atoms with Crippen LogP contribution in [-0.2, 0) is 19.1 Å². The number of hydrogen-bond acceptors (Lipinski definition) is 6. The Kier molecular flexibility index (Phi) is 9.45. The summed E-state index contributed by atoms with van der Waals surface area (Å²) in [7, 11) is 0. The van der Waals surface area contributed by atoms with E-state index in [1.165, 1.54) is 6.92 Å². The van der Waals surface area contributed by atoms with Crippen LogP contribution in [-0.4, -0.2) is 36.8 Å². The predicted molar refractivity (Wildman–Crippen MR) is 93.4 cm³/mol. The van der Waals surface area contributed by atoms with Crippen LogP contribution in [0.15, 0.2) is 23.7 Å². The second-order valence-electron chi connectivity index (χ2n) is 6.19. The lowest BCUT2D eigenvalue weighted by atomic mass is 10.1. The molecule has 0 aromatic rings. The van der Waals surface area contributed by atoms with Gasteiger partial charge in [0.05, 0.1) is 18.8 Å². The molecule has 0 atom stereocenters. The molecule has 0 aromatic carbocycles. The molecule has 7 nitrogen and oxygen atoms in total. The number of nitrogens with one attached hydrogen (secondary N) is 3. The Morgan fingerprint density at radius 3 is 2.33 bits per heavy atom. The molecule has 0 radical (unpaired) electrons. The van der Waals surface area contributed by atoms with Gasteiger partial charge in [0.25, 0.3) is 0 Å². The van der Waals surface area contributed by atoms with Gasteiger partial charge in [-0.2, -0.15) is 0 Å². The van der Waals surface area contributed by atoms with Crippen molar-refractivity contribution in [1.82, 2.24) is 10.6 Å². The fraction of sp³-hybridized carbons (Fsp3) is 0.588. The fourth-order valence-corrected chi connectivity index (χ4v) is 1.69. The lowest BCUT2D eigenvalue weighted by Crippen LogP contribution is -2.40. The van der Waals surface area contributed by atoms with Crippen LogP contribution in [0.3, 0.4) is 0 Å².